The number of H-pyrrole nitrogens is 1. The van der Waals surface area contributed by atoms with Crippen LogP contribution in [0, 0.1) is 0 Å². The van der Waals surface area contributed by atoms with Crippen molar-refractivity contribution in [3.05, 3.63) is 30.0 Å². The summed E-state index contributed by atoms with van der Waals surface area (Å²) in [7, 11) is 0. The summed E-state index contributed by atoms with van der Waals surface area (Å²) in [5, 5.41) is 9.86. The summed E-state index contributed by atoms with van der Waals surface area (Å²) in [6.07, 6.45) is 0. The molecule has 2 aromatic rings. The van der Waals surface area contributed by atoms with E-state index >= 15 is 0 Å². The van der Waals surface area contributed by atoms with Gasteiger partial charge in [-0.3, -0.25) is 9.59 Å². The molecule has 0 fully saturated rings. The van der Waals surface area contributed by atoms with Crippen molar-refractivity contribution < 1.29 is 14.3 Å². The van der Waals surface area contributed by atoms with Crippen LogP contribution in [-0.2, 0) is 4.79 Å². The van der Waals surface area contributed by atoms with Crippen molar-refractivity contribution >= 4 is 11.8 Å². The maximum atomic E-state index is 11.2. The van der Waals surface area contributed by atoms with Crippen molar-refractivity contribution in [1.29, 1.82) is 0 Å². The first-order chi connectivity index (χ1) is 9.09. The quantitative estimate of drug-likeness (QED) is 0.662. The Morgan fingerprint density at radius 1 is 1.21 bits per heavy atom. The molecule has 0 atom stereocenters. The molecule has 0 saturated heterocycles. The minimum Gasteiger partial charge on any atom is -0.483 e. The van der Waals surface area contributed by atoms with E-state index in [1.807, 2.05) is 0 Å². The normalized spacial score (nSPS) is 10.1. The van der Waals surface area contributed by atoms with Gasteiger partial charge in [0, 0.05) is 5.56 Å². The van der Waals surface area contributed by atoms with Crippen LogP contribution in [0.5, 0.6) is 5.75 Å². The van der Waals surface area contributed by atoms with Gasteiger partial charge >= 0.3 is 0 Å². The minimum atomic E-state index is -0.714. The second kappa shape index (κ2) is 5.17. The van der Waals surface area contributed by atoms with E-state index in [4.69, 9.17) is 16.2 Å². The molecule has 0 spiro atoms. The van der Waals surface area contributed by atoms with E-state index < -0.39 is 11.8 Å². The lowest BCUT2D eigenvalue weighted by atomic mass is 10.1. The van der Waals surface area contributed by atoms with Gasteiger partial charge in [0.1, 0.15) is 11.4 Å². The fraction of sp³-hybridized carbons (Fsp3) is 0.0909. The van der Waals surface area contributed by atoms with Crippen LogP contribution >= 0.6 is 0 Å². The highest BCUT2D eigenvalue weighted by molar-refractivity contribution is 5.97. The number of carbonyl (C=O) groups excluding carboxylic acids is 2. The molecule has 2 amide bonds. The molecule has 5 N–H and O–H groups in total. The standard InChI is InChI=1S/C11H11N5O3/c12-8(17)5-19-7-4-2-1-3-6(7)9-10(11(13)18)15-16-14-9/h1-4H,5H2,(H2,12,17)(H2,13,18)(H,14,15,16). The first-order valence-corrected chi connectivity index (χ1v) is 5.30. The van der Waals surface area contributed by atoms with Gasteiger partial charge in [0.25, 0.3) is 11.8 Å². The number of nitrogens with zero attached hydrogens (tertiary/aromatic N) is 2. The maximum absolute atomic E-state index is 11.2. The molecule has 1 aromatic carbocycles. The molecule has 0 saturated carbocycles. The van der Waals surface area contributed by atoms with Gasteiger partial charge in [-0.2, -0.15) is 15.4 Å². The van der Waals surface area contributed by atoms with Crippen LogP contribution in [0.3, 0.4) is 0 Å². The van der Waals surface area contributed by atoms with Crippen LogP contribution in [-0.4, -0.2) is 33.8 Å². The molecule has 98 valence electrons. The highest BCUT2D eigenvalue weighted by Crippen LogP contribution is 2.29. The van der Waals surface area contributed by atoms with Crippen molar-refractivity contribution in [3.8, 4) is 17.0 Å². The smallest absolute Gasteiger partial charge is 0.271 e. The molecule has 1 aromatic heterocycles. The van der Waals surface area contributed by atoms with E-state index in [2.05, 4.69) is 15.4 Å². The van der Waals surface area contributed by atoms with Crippen LogP contribution < -0.4 is 16.2 Å². The Bertz CT molecular complexity index is 622. The third-order valence-corrected chi connectivity index (χ3v) is 2.29. The number of benzene rings is 1. The summed E-state index contributed by atoms with van der Waals surface area (Å²) in [5.74, 6) is -0.962. The number of nitrogens with two attached hydrogens (primary N) is 2. The van der Waals surface area contributed by atoms with Crippen molar-refractivity contribution in [2.24, 2.45) is 11.5 Å². The number of aromatic nitrogens is 3. The lowest BCUT2D eigenvalue weighted by Gasteiger charge is -2.08. The van der Waals surface area contributed by atoms with Gasteiger partial charge in [0.15, 0.2) is 12.3 Å². The molecule has 8 nitrogen and oxygen atoms in total. The molecule has 0 radical (unpaired) electrons. The summed E-state index contributed by atoms with van der Waals surface area (Å²) < 4.78 is 5.25. The number of aromatic amines is 1. The molecule has 1 heterocycles. The zero-order chi connectivity index (χ0) is 13.8. The predicted molar refractivity (Wildman–Crippen MR) is 65.0 cm³/mol. The highest BCUT2D eigenvalue weighted by Gasteiger charge is 2.18. The molecule has 0 aliphatic heterocycles. The number of ether oxygens (including phenoxy) is 1. The Hall–Kier alpha value is -2.90. The SMILES string of the molecule is NC(=O)COc1ccccc1-c1n[nH]nc1C(N)=O. The first kappa shape index (κ1) is 12.6. The minimum absolute atomic E-state index is 0.00451. The molecule has 0 aliphatic carbocycles. The second-order valence-electron chi connectivity index (χ2n) is 3.64. The zero-order valence-electron chi connectivity index (χ0n) is 9.79. The van der Waals surface area contributed by atoms with E-state index in [1.54, 1.807) is 24.3 Å². The van der Waals surface area contributed by atoms with Crippen molar-refractivity contribution in [2.75, 3.05) is 6.61 Å². The molecular formula is C11H11N5O3. The second-order valence-corrected chi connectivity index (χ2v) is 3.64. The summed E-state index contributed by atoms with van der Waals surface area (Å²) >= 11 is 0. The number of hydrogen-bond acceptors (Lipinski definition) is 5. The third-order valence-electron chi connectivity index (χ3n) is 2.29. The van der Waals surface area contributed by atoms with Gasteiger partial charge in [-0.15, -0.1) is 0 Å². The Balaban J connectivity index is 2.41. The maximum Gasteiger partial charge on any atom is 0.271 e. The fourth-order valence-corrected chi connectivity index (χ4v) is 1.53. The Kier molecular flexibility index (Phi) is 3.42. The van der Waals surface area contributed by atoms with E-state index in [0.29, 0.717) is 11.3 Å². The number of rotatable bonds is 5. The third kappa shape index (κ3) is 2.68. The lowest BCUT2D eigenvalue weighted by molar-refractivity contribution is -0.119. The molecule has 2 rings (SSSR count). The molecular weight excluding hydrogens is 250 g/mol. The number of para-hydroxylation sites is 1. The van der Waals surface area contributed by atoms with Gasteiger partial charge in [-0.25, -0.2) is 0 Å². The Morgan fingerprint density at radius 3 is 2.63 bits per heavy atom. The van der Waals surface area contributed by atoms with Crippen LogP contribution in [0.2, 0.25) is 0 Å². The van der Waals surface area contributed by atoms with Crippen molar-refractivity contribution in [2.45, 2.75) is 0 Å². The lowest BCUT2D eigenvalue weighted by Crippen LogP contribution is -2.20. The highest BCUT2D eigenvalue weighted by atomic mass is 16.5. The topological polar surface area (TPSA) is 137 Å². The molecule has 0 bridgehead atoms. The van der Waals surface area contributed by atoms with Crippen LogP contribution in [0.25, 0.3) is 11.3 Å². The molecule has 19 heavy (non-hydrogen) atoms. The summed E-state index contributed by atoms with van der Waals surface area (Å²) in [6, 6.07) is 6.73. The number of primary amides is 2. The number of nitrogens with one attached hydrogen (secondary N) is 1. The fourth-order valence-electron chi connectivity index (χ4n) is 1.53. The zero-order valence-corrected chi connectivity index (χ0v) is 9.79. The number of hydrogen-bond donors (Lipinski definition) is 3. The van der Waals surface area contributed by atoms with Gasteiger partial charge in [-0.1, -0.05) is 12.1 Å². The van der Waals surface area contributed by atoms with E-state index in [9.17, 15) is 9.59 Å². The monoisotopic (exact) mass is 261 g/mol. The van der Waals surface area contributed by atoms with Gasteiger partial charge < -0.3 is 16.2 Å². The summed E-state index contributed by atoms with van der Waals surface area (Å²) in [5.41, 5.74) is 11.0. The van der Waals surface area contributed by atoms with Gasteiger partial charge in [0.05, 0.1) is 0 Å². The molecule has 0 unspecified atom stereocenters. The average molecular weight is 261 g/mol. The Morgan fingerprint density at radius 2 is 1.95 bits per heavy atom. The van der Waals surface area contributed by atoms with Crippen LogP contribution in [0.4, 0.5) is 0 Å². The first-order valence-electron chi connectivity index (χ1n) is 5.30. The summed E-state index contributed by atoms with van der Waals surface area (Å²) in [6.45, 7) is -0.277. The molecule has 0 aliphatic rings. The predicted octanol–water partition coefficient (Wildman–Crippen LogP) is -0.565. The van der Waals surface area contributed by atoms with Crippen molar-refractivity contribution in [3.63, 3.8) is 0 Å². The average Bonchev–Trinajstić information content (AvgIpc) is 2.85. The van der Waals surface area contributed by atoms with Crippen molar-refractivity contribution in [1.82, 2.24) is 15.4 Å². The van der Waals surface area contributed by atoms with E-state index in [-0.39, 0.29) is 18.0 Å². The number of carbonyl (C=O) groups is 2. The largest absolute Gasteiger partial charge is 0.483 e. The van der Waals surface area contributed by atoms with E-state index in [1.165, 1.54) is 0 Å². The van der Waals surface area contributed by atoms with Crippen LogP contribution in [0.1, 0.15) is 10.5 Å². The van der Waals surface area contributed by atoms with Gasteiger partial charge in [0.2, 0.25) is 0 Å². The Labute approximate surface area is 107 Å². The van der Waals surface area contributed by atoms with E-state index in [0.717, 1.165) is 0 Å². The van der Waals surface area contributed by atoms with Gasteiger partial charge in [-0.05, 0) is 12.1 Å². The number of amides is 2. The summed E-state index contributed by atoms with van der Waals surface area (Å²) in [4.78, 5) is 22.0. The molecule has 8 heteroatoms. The van der Waals surface area contributed by atoms with Crippen LogP contribution in [0.15, 0.2) is 24.3 Å².